The molecule has 4 heteroatoms. The highest BCUT2D eigenvalue weighted by Crippen LogP contribution is 2.25. The van der Waals surface area contributed by atoms with Crippen molar-refractivity contribution in [2.24, 2.45) is 0 Å². The second-order valence-corrected chi connectivity index (χ2v) is 5.61. The minimum absolute atomic E-state index is 0.374. The standard InChI is InChI=1S/C14H20BrNO2/c1-10-7-12(5-6-18-10)16-9-11-3-4-14(17-2)13(15)8-11/h3-4,8,10,12,16H,5-7,9H2,1-2H3. The Kier molecular flexibility index (Phi) is 5.03. The Morgan fingerprint density at radius 1 is 1.50 bits per heavy atom. The maximum absolute atomic E-state index is 5.55. The fourth-order valence-electron chi connectivity index (χ4n) is 2.27. The number of benzene rings is 1. The van der Waals surface area contributed by atoms with E-state index in [9.17, 15) is 0 Å². The van der Waals surface area contributed by atoms with Crippen molar-refractivity contribution in [3.8, 4) is 5.75 Å². The third-order valence-corrected chi connectivity index (χ3v) is 3.92. The molecule has 3 nitrogen and oxygen atoms in total. The Balaban J connectivity index is 1.88. The van der Waals surface area contributed by atoms with Crippen LogP contribution in [0.5, 0.6) is 5.75 Å². The summed E-state index contributed by atoms with van der Waals surface area (Å²) >= 11 is 3.51. The molecule has 1 fully saturated rings. The van der Waals surface area contributed by atoms with E-state index in [0.29, 0.717) is 12.1 Å². The first kappa shape index (κ1) is 13.8. The van der Waals surface area contributed by atoms with Crippen molar-refractivity contribution < 1.29 is 9.47 Å². The van der Waals surface area contributed by atoms with Gasteiger partial charge in [0, 0.05) is 19.2 Å². The molecule has 2 rings (SSSR count). The first-order valence-corrected chi connectivity index (χ1v) is 7.15. The number of methoxy groups -OCH3 is 1. The molecule has 0 amide bonds. The maximum atomic E-state index is 5.55. The Morgan fingerprint density at radius 3 is 3.00 bits per heavy atom. The van der Waals surface area contributed by atoms with Gasteiger partial charge in [0.2, 0.25) is 0 Å². The van der Waals surface area contributed by atoms with Crippen molar-refractivity contribution in [3.05, 3.63) is 28.2 Å². The monoisotopic (exact) mass is 313 g/mol. The Labute approximate surface area is 117 Å². The minimum Gasteiger partial charge on any atom is -0.496 e. The fraction of sp³-hybridized carbons (Fsp3) is 0.571. The summed E-state index contributed by atoms with van der Waals surface area (Å²) in [5.74, 6) is 0.874. The molecule has 1 aliphatic rings. The van der Waals surface area contributed by atoms with Crippen molar-refractivity contribution in [2.75, 3.05) is 13.7 Å². The van der Waals surface area contributed by atoms with Gasteiger partial charge in [-0.25, -0.2) is 0 Å². The quantitative estimate of drug-likeness (QED) is 0.926. The van der Waals surface area contributed by atoms with Crippen molar-refractivity contribution in [3.63, 3.8) is 0 Å². The first-order valence-electron chi connectivity index (χ1n) is 6.36. The zero-order valence-corrected chi connectivity index (χ0v) is 12.5. The number of ether oxygens (including phenoxy) is 2. The van der Waals surface area contributed by atoms with Gasteiger partial charge in [-0.1, -0.05) is 6.07 Å². The van der Waals surface area contributed by atoms with E-state index in [0.717, 1.165) is 36.2 Å². The van der Waals surface area contributed by atoms with Crippen LogP contribution < -0.4 is 10.1 Å². The lowest BCUT2D eigenvalue weighted by molar-refractivity contribution is 0.0130. The Bertz CT molecular complexity index is 397. The van der Waals surface area contributed by atoms with Crippen LogP contribution in [0.1, 0.15) is 25.3 Å². The van der Waals surface area contributed by atoms with Crippen molar-refractivity contribution in [2.45, 2.75) is 38.5 Å². The summed E-state index contributed by atoms with van der Waals surface area (Å²) < 4.78 is 11.8. The number of hydrogen-bond acceptors (Lipinski definition) is 3. The van der Waals surface area contributed by atoms with E-state index in [1.807, 2.05) is 6.07 Å². The number of rotatable bonds is 4. The van der Waals surface area contributed by atoms with Crippen LogP contribution in [0.15, 0.2) is 22.7 Å². The number of hydrogen-bond donors (Lipinski definition) is 1. The zero-order chi connectivity index (χ0) is 13.0. The third kappa shape index (κ3) is 3.70. The lowest BCUT2D eigenvalue weighted by atomic mass is 10.0. The van der Waals surface area contributed by atoms with E-state index in [2.05, 4.69) is 40.3 Å². The van der Waals surface area contributed by atoms with Crippen LogP contribution >= 0.6 is 15.9 Å². The predicted molar refractivity (Wildman–Crippen MR) is 76.0 cm³/mol. The molecule has 1 N–H and O–H groups in total. The highest BCUT2D eigenvalue weighted by Gasteiger charge is 2.18. The molecule has 0 aliphatic carbocycles. The van der Waals surface area contributed by atoms with E-state index in [4.69, 9.17) is 9.47 Å². The fourth-order valence-corrected chi connectivity index (χ4v) is 2.85. The predicted octanol–water partition coefficient (Wildman–Crippen LogP) is 3.11. The largest absolute Gasteiger partial charge is 0.496 e. The van der Waals surface area contributed by atoms with Gasteiger partial charge in [-0.2, -0.15) is 0 Å². The topological polar surface area (TPSA) is 30.5 Å². The summed E-state index contributed by atoms with van der Waals surface area (Å²) in [6, 6.07) is 6.76. The van der Waals surface area contributed by atoms with Crippen molar-refractivity contribution in [1.29, 1.82) is 0 Å². The lowest BCUT2D eigenvalue weighted by Crippen LogP contribution is -2.37. The molecule has 0 bridgehead atoms. The number of nitrogens with one attached hydrogen (secondary N) is 1. The molecule has 0 spiro atoms. The van der Waals surface area contributed by atoms with E-state index in [1.54, 1.807) is 7.11 Å². The molecule has 1 aromatic carbocycles. The van der Waals surface area contributed by atoms with Crippen LogP contribution in [-0.2, 0) is 11.3 Å². The highest BCUT2D eigenvalue weighted by molar-refractivity contribution is 9.10. The zero-order valence-electron chi connectivity index (χ0n) is 10.9. The SMILES string of the molecule is COc1ccc(CNC2CCOC(C)C2)cc1Br. The molecule has 2 atom stereocenters. The molecular formula is C14H20BrNO2. The highest BCUT2D eigenvalue weighted by atomic mass is 79.9. The smallest absolute Gasteiger partial charge is 0.133 e. The number of halogens is 1. The Hall–Kier alpha value is -0.580. The van der Waals surface area contributed by atoms with E-state index < -0.39 is 0 Å². The van der Waals surface area contributed by atoms with Gasteiger partial charge >= 0.3 is 0 Å². The first-order chi connectivity index (χ1) is 8.69. The van der Waals surface area contributed by atoms with Gasteiger partial charge in [-0.05, 0) is 53.4 Å². The van der Waals surface area contributed by atoms with E-state index in [1.165, 1.54) is 5.56 Å². The molecule has 1 saturated heterocycles. The summed E-state index contributed by atoms with van der Waals surface area (Å²) in [7, 11) is 1.68. The molecule has 1 aliphatic heterocycles. The van der Waals surface area contributed by atoms with Gasteiger partial charge in [-0.3, -0.25) is 0 Å². The molecule has 18 heavy (non-hydrogen) atoms. The minimum atomic E-state index is 0.374. The third-order valence-electron chi connectivity index (χ3n) is 3.30. The van der Waals surface area contributed by atoms with Crippen molar-refractivity contribution >= 4 is 15.9 Å². The molecule has 0 radical (unpaired) electrons. The molecule has 1 aromatic rings. The molecule has 1 heterocycles. The summed E-state index contributed by atoms with van der Waals surface area (Å²) in [5.41, 5.74) is 1.27. The maximum Gasteiger partial charge on any atom is 0.133 e. The van der Waals surface area contributed by atoms with Gasteiger partial charge in [0.25, 0.3) is 0 Å². The van der Waals surface area contributed by atoms with Crippen molar-refractivity contribution in [1.82, 2.24) is 5.32 Å². The van der Waals surface area contributed by atoms with Crippen LogP contribution in [0.2, 0.25) is 0 Å². The van der Waals surface area contributed by atoms with E-state index in [-0.39, 0.29) is 0 Å². The molecule has 0 saturated carbocycles. The summed E-state index contributed by atoms with van der Waals surface area (Å²) in [6.45, 7) is 3.89. The summed E-state index contributed by atoms with van der Waals surface area (Å²) in [6.07, 6.45) is 2.57. The van der Waals surface area contributed by atoms with Crippen LogP contribution in [0.25, 0.3) is 0 Å². The van der Waals surface area contributed by atoms with Gasteiger partial charge in [-0.15, -0.1) is 0 Å². The van der Waals surface area contributed by atoms with Gasteiger partial charge in [0.15, 0.2) is 0 Å². The Morgan fingerprint density at radius 2 is 2.33 bits per heavy atom. The molecule has 0 aromatic heterocycles. The molecule has 2 unspecified atom stereocenters. The second-order valence-electron chi connectivity index (χ2n) is 4.75. The van der Waals surface area contributed by atoms with Crippen LogP contribution in [0.3, 0.4) is 0 Å². The van der Waals surface area contributed by atoms with Gasteiger partial charge in [0.1, 0.15) is 5.75 Å². The van der Waals surface area contributed by atoms with Crippen LogP contribution in [0, 0.1) is 0 Å². The lowest BCUT2D eigenvalue weighted by Gasteiger charge is -2.28. The van der Waals surface area contributed by atoms with Gasteiger partial charge in [0.05, 0.1) is 17.7 Å². The van der Waals surface area contributed by atoms with E-state index >= 15 is 0 Å². The molecule has 100 valence electrons. The van der Waals surface area contributed by atoms with Gasteiger partial charge < -0.3 is 14.8 Å². The average Bonchev–Trinajstić information content (AvgIpc) is 2.37. The van der Waals surface area contributed by atoms with Crippen LogP contribution in [-0.4, -0.2) is 25.9 Å². The summed E-state index contributed by atoms with van der Waals surface area (Å²) in [4.78, 5) is 0. The second kappa shape index (κ2) is 6.55. The average molecular weight is 314 g/mol. The molecular weight excluding hydrogens is 294 g/mol. The van der Waals surface area contributed by atoms with Crippen LogP contribution in [0.4, 0.5) is 0 Å². The summed E-state index contributed by atoms with van der Waals surface area (Å²) in [5, 5.41) is 3.59. The normalized spacial score (nSPS) is 23.9.